The van der Waals surface area contributed by atoms with Gasteiger partial charge in [0.2, 0.25) is 25.0 Å². The monoisotopic (exact) mass is 691 g/mol. The molecule has 0 spiro atoms. The highest BCUT2D eigenvalue weighted by molar-refractivity contribution is 7.92. The molecule has 0 saturated heterocycles. The first-order valence-electron chi connectivity index (χ1n) is 15.0. The number of aryl methyl sites for hydroxylation is 1. The number of methoxy groups -OCH3 is 1. The number of benzene rings is 3. The molecule has 0 atom stereocenters. The number of carbonyl (C=O) groups excluding carboxylic acids is 1. The van der Waals surface area contributed by atoms with Gasteiger partial charge < -0.3 is 14.6 Å². The number of hydrogen-bond acceptors (Lipinski definition) is 9. The number of ether oxygens (including phenoxy) is 1. The van der Waals surface area contributed by atoms with E-state index in [1.165, 1.54) is 41.6 Å². The number of sulfonamides is 1. The maximum absolute atomic E-state index is 13.7. The number of imidazole rings is 1. The highest BCUT2D eigenvalue weighted by atomic mass is 32.2. The number of aromatic nitrogens is 5. The third-order valence-electron chi connectivity index (χ3n) is 7.77. The minimum absolute atomic E-state index is 0.126. The van der Waals surface area contributed by atoms with Gasteiger partial charge in [-0.25, -0.2) is 26.5 Å². The second-order valence-electron chi connectivity index (χ2n) is 12.2. The van der Waals surface area contributed by atoms with Gasteiger partial charge in [-0.3, -0.25) is 9.52 Å². The van der Waals surface area contributed by atoms with Gasteiger partial charge in [-0.05, 0) is 66.8 Å². The van der Waals surface area contributed by atoms with Crippen molar-refractivity contribution < 1.29 is 26.4 Å². The molecule has 0 aliphatic heterocycles. The predicted octanol–water partition coefficient (Wildman–Crippen LogP) is 5.13. The lowest BCUT2D eigenvalue weighted by Crippen LogP contribution is -2.19. The Bertz CT molecular complexity index is 2220. The van der Waals surface area contributed by atoms with Crippen LogP contribution in [0.1, 0.15) is 49.2 Å². The summed E-state index contributed by atoms with van der Waals surface area (Å²) in [5.41, 5.74) is 3.38. The van der Waals surface area contributed by atoms with E-state index in [9.17, 15) is 21.6 Å². The Balaban J connectivity index is 1.47. The van der Waals surface area contributed by atoms with Crippen molar-refractivity contribution in [3.63, 3.8) is 0 Å². The van der Waals surface area contributed by atoms with E-state index in [0.29, 0.717) is 28.3 Å². The van der Waals surface area contributed by atoms with E-state index in [-0.39, 0.29) is 32.7 Å². The molecule has 3 aromatic carbocycles. The van der Waals surface area contributed by atoms with Crippen molar-refractivity contribution in [2.75, 3.05) is 22.9 Å². The van der Waals surface area contributed by atoms with E-state index in [1.807, 2.05) is 27.7 Å². The number of anilines is 2. The minimum Gasteiger partial charge on any atom is -0.492 e. The van der Waals surface area contributed by atoms with Crippen LogP contribution in [0, 0.1) is 6.92 Å². The third-order valence-corrected chi connectivity index (χ3v) is 10.8. The van der Waals surface area contributed by atoms with Crippen molar-refractivity contribution in [2.24, 2.45) is 7.05 Å². The molecule has 0 fully saturated rings. The number of hydrogen-bond donors (Lipinski definition) is 2. The van der Waals surface area contributed by atoms with E-state index in [1.54, 1.807) is 61.8 Å². The number of rotatable bonds is 10. The number of sulfone groups is 1. The van der Waals surface area contributed by atoms with Crippen LogP contribution in [0.3, 0.4) is 0 Å². The smallest absolute Gasteiger partial charge is 0.255 e. The fourth-order valence-electron chi connectivity index (χ4n) is 4.97. The van der Waals surface area contributed by atoms with Crippen LogP contribution in [0.2, 0.25) is 0 Å². The Morgan fingerprint density at radius 1 is 0.979 bits per heavy atom. The third kappa shape index (κ3) is 6.82. The first kappa shape index (κ1) is 34.3. The lowest BCUT2D eigenvalue weighted by atomic mass is 9.86. The largest absolute Gasteiger partial charge is 0.492 e. The number of carbonyl (C=O) groups is 1. The normalized spacial score (nSPS) is 12.1. The lowest BCUT2D eigenvalue weighted by molar-refractivity contribution is 0.102. The average molecular weight is 692 g/mol. The molecule has 0 saturated carbocycles. The van der Waals surface area contributed by atoms with Gasteiger partial charge in [-0.15, -0.1) is 5.10 Å². The summed E-state index contributed by atoms with van der Waals surface area (Å²) in [6.07, 6.45) is 3.05. The van der Waals surface area contributed by atoms with Crippen molar-refractivity contribution in [2.45, 2.75) is 50.1 Å². The number of nitrogens with one attached hydrogen (secondary N) is 2. The Morgan fingerprint density at radius 2 is 1.67 bits per heavy atom. The van der Waals surface area contributed by atoms with Gasteiger partial charge in [0.1, 0.15) is 5.69 Å². The van der Waals surface area contributed by atoms with Gasteiger partial charge in [-0.2, -0.15) is 0 Å². The van der Waals surface area contributed by atoms with Gasteiger partial charge in [0.15, 0.2) is 5.75 Å². The van der Waals surface area contributed by atoms with Crippen LogP contribution in [0.4, 0.5) is 11.4 Å². The van der Waals surface area contributed by atoms with Crippen LogP contribution in [0.5, 0.6) is 5.75 Å². The minimum atomic E-state index is -3.87. The summed E-state index contributed by atoms with van der Waals surface area (Å²) in [5.74, 6) is -0.429. The van der Waals surface area contributed by atoms with Crippen LogP contribution in [-0.4, -0.2) is 60.2 Å². The van der Waals surface area contributed by atoms with Gasteiger partial charge in [0, 0.05) is 12.6 Å². The summed E-state index contributed by atoms with van der Waals surface area (Å²) < 4.78 is 62.4. The molecule has 2 N–H and O–H groups in total. The molecule has 5 aromatic rings. The molecule has 15 heteroatoms. The molecule has 2 heterocycles. The van der Waals surface area contributed by atoms with Crippen LogP contribution in [-0.2, 0) is 32.3 Å². The molecule has 48 heavy (non-hydrogen) atoms. The summed E-state index contributed by atoms with van der Waals surface area (Å²) in [4.78, 5) is 18.0. The maximum Gasteiger partial charge on any atom is 0.255 e. The quantitative estimate of drug-likeness (QED) is 0.202. The van der Waals surface area contributed by atoms with Gasteiger partial charge in [0.05, 0.1) is 52.9 Å². The van der Waals surface area contributed by atoms with Gasteiger partial charge >= 0.3 is 0 Å². The molecule has 0 bridgehead atoms. The summed E-state index contributed by atoms with van der Waals surface area (Å²) in [7, 11) is -4.51. The van der Waals surface area contributed by atoms with Crippen LogP contribution in [0.15, 0.2) is 83.1 Å². The zero-order valence-electron chi connectivity index (χ0n) is 27.6. The Labute approximate surface area is 280 Å². The lowest BCUT2D eigenvalue weighted by Gasteiger charge is -2.24. The molecule has 13 nitrogen and oxygen atoms in total. The average Bonchev–Trinajstić information content (AvgIpc) is 3.68. The highest BCUT2D eigenvalue weighted by Crippen LogP contribution is 2.39. The fourth-order valence-corrected chi connectivity index (χ4v) is 6.97. The zero-order valence-corrected chi connectivity index (χ0v) is 29.3. The molecular formula is C33H37N7O6S2. The molecule has 5 rings (SSSR count). The van der Waals surface area contributed by atoms with E-state index in [2.05, 4.69) is 25.3 Å². The van der Waals surface area contributed by atoms with Gasteiger partial charge in [0.25, 0.3) is 5.91 Å². The summed E-state index contributed by atoms with van der Waals surface area (Å²) in [6, 6.07) is 16.6. The van der Waals surface area contributed by atoms with Crippen LogP contribution < -0.4 is 14.8 Å². The molecule has 2 aromatic heterocycles. The second kappa shape index (κ2) is 12.9. The highest BCUT2D eigenvalue weighted by Gasteiger charge is 2.26. The Morgan fingerprint density at radius 3 is 2.31 bits per heavy atom. The molecular weight excluding hydrogens is 655 g/mol. The molecule has 0 radical (unpaired) electrons. The molecule has 0 unspecified atom stereocenters. The van der Waals surface area contributed by atoms with Crippen molar-refractivity contribution in [1.82, 2.24) is 24.5 Å². The molecule has 1 amide bonds. The number of amides is 1. The van der Waals surface area contributed by atoms with Crippen LogP contribution in [0.25, 0.3) is 17.1 Å². The van der Waals surface area contributed by atoms with Crippen molar-refractivity contribution in [1.29, 1.82) is 0 Å². The Kier molecular flexibility index (Phi) is 9.21. The van der Waals surface area contributed by atoms with Crippen LogP contribution >= 0.6 is 0 Å². The topological polar surface area (TPSA) is 167 Å². The van der Waals surface area contributed by atoms with Gasteiger partial charge in [-0.1, -0.05) is 50.3 Å². The van der Waals surface area contributed by atoms with Crippen molar-refractivity contribution in [3.05, 3.63) is 89.7 Å². The van der Waals surface area contributed by atoms with E-state index in [0.717, 1.165) is 11.1 Å². The van der Waals surface area contributed by atoms with E-state index in [4.69, 9.17) is 4.74 Å². The van der Waals surface area contributed by atoms with Crippen molar-refractivity contribution in [3.8, 4) is 22.8 Å². The molecule has 252 valence electrons. The summed E-state index contributed by atoms with van der Waals surface area (Å²) in [6.45, 7) is 9.32. The Hall–Kier alpha value is -5.02. The summed E-state index contributed by atoms with van der Waals surface area (Å²) in [5, 5.41) is 11.3. The SMILES string of the molecule is CCS(=O)(=O)Nc1cc(C(C)(C)C)cc(NC(=O)c2ccc(C)c(-n3cc(-c4cnc(S(=O)(=O)c5ccccc5)n4C)nn3)c2)c1OC. The second-order valence-corrected chi connectivity index (χ2v) is 16.0. The molecule has 0 aliphatic rings. The number of nitrogens with zero attached hydrogens (tertiary/aromatic N) is 5. The standard InChI is InChI=1S/C33H37N7O6S2/c1-8-47(42,43)37-26-18-23(33(3,4)5)17-25(30(26)46-7)35-31(41)22-15-14-21(2)28(16-22)40-20-27(36-38-40)29-19-34-32(39(29)6)48(44,45)24-12-10-9-11-13-24/h9-20,37H,8H2,1-7H3,(H,35,41). The first-order chi connectivity index (χ1) is 22.6. The first-order valence-corrected chi connectivity index (χ1v) is 18.1. The predicted molar refractivity (Wildman–Crippen MR) is 183 cm³/mol. The van der Waals surface area contributed by atoms with Crippen molar-refractivity contribution >= 4 is 37.1 Å². The molecule has 0 aliphatic carbocycles. The zero-order chi connectivity index (χ0) is 35.0. The van der Waals surface area contributed by atoms with E-state index >= 15 is 0 Å². The summed E-state index contributed by atoms with van der Waals surface area (Å²) >= 11 is 0. The maximum atomic E-state index is 13.7. The van der Waals surface area contributed by atoms with E-state index < -0.39 is 25.8 Å². The fraction of sp³-hybridized carbons (Fsp3) is 0.273.